The number of rotatable bonds is 11. The number of aliphatic carboxylic acids is 1. The lowest BCUT2D eigenvalue weighted by molar-refractivity contribution is -0.136. The summed E-state index contributed by atoms with van der Waals surface area (Å²) in [6.45, 7) is 6.70. The first-order valence-electron chi connectivity index (χ1n) is 11.1. The molecule has 0 aliphatic rings. The number of benzene rings is 2. The number of nitrogens with zero attached hydrogens (tertiary/aromatic N) is 1. The van der Waals surface area contributed by atoms with Crippen molar-refractivity contribution in [2.75, 3.05) is 6.61 Å². The second-order valence-electron chi connectivity index (χ2n) is 7.97. The Bertz CT molecular complexity index is 1030. The molecule has 1 atom stereocenters. The molecule has 0 fully saturated rings. The summed E-state index contributed by atoms with van der Waals surface area (Å²) in [6, 6.07) is 16.1. The van der Waals surface area contributed by atoms with E-state index in [0.717, 1.165) is 46.6 Å². The summed E-state index contributed by atoms with van der Waals surface area (Å²) in [4.78, 5) is 15.0. The number of carboxylic acid groups (broad SMARTS) is 1. The molecule has 0 saturated heterocycles. The normalized spacial score (nSPS) is 11.7. The van der Waals surface area contributed by atoms with E-state index >= 15 is 0 Å². The molecule has 5 heteroatoms. The first-order chi connectivity index (χ1) is 15.5. The van der Waals surface area contributed by atoms with Crippen molar-refractivity contribution in [3.05, 3.63) is 77.6 Å². The number of pyridine rings is 1. The summed E-state index contributed by atoms with van der Waals surface area (Å²) >= 11 is 0. The van der Waals surface area contributed by atoms with Crippen molar-refractivity contribution in [2.45, 2.75) is 52.6 Å². The minimum absolute atomic E-state index is 0.0196. The van der Waals surface area contributed by atoms with Crippen molar-refractivity contribution >= 4 is 5.97 Å². The fourth-order valence-corrected chi connectivity index (χ4v) is 3.55. The van der Waals surface area contributed by atoms with Gasteiger partial charge in [-0.25, -0.2) is 0 Å². The third-order valence-electron chi connectivity index (χ3n) is 5.47. The second-order valence-corrected chi connectivity index (χ2v) is 7.97. The molecule has 0 amide bonds. The van der Waals surface area contributed by atoms with E-state index in [9.17, 15) is 4.79 Å². The fraction of sp³-hybridized carbons (Fsp3) is 0.333. The van der Waals surface area contributed by atoms with E-state index in [4.69, 9.17) is 14.6 Å². The van der Waals surface area contributed by atoms with Crippen LogP contribution in [0.25, 0.3) is 11.1 Å². The number of hydrogen-bond donors (Lipinski definition) is 1. The molecule has 32 heavy (non-hydrogen) atoms. The van der Waals surface area contributed by atoms with Gasteiger partial charge in [0.1, 0.15) is 11.5 Å². The van der Waals surface area contributed by atoms with Gasteiger partial charge in [-0.1, -0.05) is 25.1 Å². The number of carboxylic acids is 1. The molecule has 0 aliphatic heterocycles. The van der Waals surface area contributed by atoms with E-state index < -0.39 is 5.97 Å². The lowest BCUT2D eigenvalue weighted by atomic mass is 10.0. The maximum atomic E-state index is 10.8. The molecule has 1 N–H and O–H groups in total. The predicted octanol–water partition coefficient (Wildman–Crippen LogP) is 5.87. The Kier molecular flexibility index (Phi) is 8.26. The third kappa shape index (κ3) is 6.58. The zero-order valence-corrected chi connectivity index (χ0v) is 19.0. The second kappa shape index (κ2) is 11.3. The molecule has 0 saturated carbocycles. The Morgan fingerprint density at radius 1 is 1.16 bits per heavy atom. The highest BCUT2D eigenvalue weighted by molar-refractivity contribution is 5.70. The van der Waals surface area contributed by atoms with Crippen LogP contribution in [0.2, 0.25) is 0 Å². The Balaban J connectivity index is 1.58. The summed E-state index contributed by atoms with van der Waals surface area (Å²) in [5.41, 5.74) is 5.44. The van der Waals surface area contributed by atoms with E-state index in [1.165, 1.54) is 5.56 Å². The molecule has 3 rings (SSSR count). The van der Waals surface area contributed by atoms with Gasteiger partial charge in [0.05, 0.1) is 12.7 Å². The minimum Gasteiger partial charge on any atom is -0.493 e. The SMILES string of the molecule is CCc1ccc(O[C@@H](C)CCOc2ccc(CCC(=O)O)c(C)c2)c(-c2cccnc2)c1. The van der Waals surface area contributed by atoms with Crippen LogP contribution in [-0.2, 0) is 17.6 Å². The van der Waals surface area contributed by atoms with Gasteiger partial charge in [-0.2, -0.15) is 0 Å². The zero-order chi connectivity index (χ0) is 22.9. The van der Waals surface area contributed by atoms with Crippen molar-refractivity contribution in [3.8, 4) is 22.6 Å². The van der Waals surface area contributed by atoms with Crippen LogP contribution in [0.4, 0.5) is 0 Å². The average molecular weight is 434 g/mol. The molecular formula is C27H31NO4. The fourth-order valence-electron chi connectivity index (χ4n) is 3.55. The summed E-state index contributed by atoms with van der Waals surface area (Å²) in [6.07, 6.45) is 5.98. The average Bonchev–Trinajstić information content (AvgIpc) is 2.79. The molecule has 1 aromatic heterocycles. The van der Waals surface area contributed by atoms with Gasteiger partial charge in [-0.3, -0.25) is 9.78 Å². The molecule has 5 nitrogen and oxygen atoms in total. The van der Waals surface area contributed by atoms with Crippen LogP contribution in [-0.4, -0.2) is 28.8 Å². The number of carbonyl (C=O) groups is 1. The van der Waals surface area contributed by atoms with Crippen LogP contribution in [0.5, 0.6) is 11.5 Å². The number of aromatic nitrogens is 1. The Morgan fingerprint density at radius 2 is 2.00 bits per heavy atom. The van der Waals surface area contributed by atoms with Crippen molar-refractivity contribution in [1.29, 1.82) is 0 Å². The van der Waals surface area contributed by atoms with Gasteiger partial charge in [0, 0.05) is 36.4 Å². The summed E-state index contributed by atoms with van der Waals surface area (Å²) < 4.78 is 12.2. The molecular weight excluding hydrogens is 402 g/mol. The van der Waals surface area contributed by atoms with Crippen LogP contribution in [0.1, 0.15) is 43.4 Å². The molecule has 0 bridgehead atoms. The number of aryl methyl sites for hydroxylation is 3. The largest absolute Gasteiger partial charge is 0.493 e. The van der Waals surface area contributed by atoms with Crippen molar-refractivity contribution in [1.82, 2.24) is 4.98 Å². The predicted molar refractivity (Wildman–Crippen MR) is 126 cm³/mol. The maximum absolute atomic E-state index is 10.8. The maximum Gasteiger partial charge on any atom is 0.303 e. The smallest absolute Gasteiger partial charge is 0.303 e. The van der Waals surface area contributed by atoms with Crippen LogP contribution in [0.15, 0.2) is 60.9 Å². The van der Waals surface area contributed by atoms with Crippen LogP contribution in [0.3, 0.4) is 0 Å². The van der Waals surface area contributed by atoms with Crippen molar-refractivity contribution < 1.29 is 19.4 Å². The van der Waals surface area contributed by atoms with Crippen LogP contribution in [0, 0.1) is 6.92 Å². The number of hydrogen-bond acceptors (Lipinski definition) is 4. The Labute approximate surface area is 190 Å². The van der Waals surface area contributed by atoms with Gasteiger partial charge in [-0.05, 0) is 73.7 Å². The first kappa shape index (κ1) is 23.3. The molecule has 0 aliphatic carbocycles. The molecule has 1 heterocycles. The lowest BCUT2D eigenvalue weighted by Gasteiger charge is -2.19. The highest BCUT2D eigenvalue weighted by atomic mass is 16.5. The van der Waals surface area contributed by atoms with Gasteiger partial charge in [-0.15, -0.1) is 0 Å². The van der Waals surface area contributed by atoms with E-state index in [1.807, 2.05) is 56.4 Å². The van der Waals surface area contributed by atoms with E-state index in [1.54, 1.807) is 6.20 Å². The molecule has 168 valence electrons. The van der Waals surface area contributed by atoms with Gasteiger partial charge in [0.15, 0.2) is 0 Å². The summed E-state index contributed by atoms with van der Waals surface area (Å²) in [5.74, 6) is 0.855. The van der Waals surface area contributed by atoms with Gasteiger partial charge < -0.3 is 14.6 Å². The molecule has 0 spiro atoms. The topological polar surface area (TPSA) is 68.7 Å². The molecule has 3 aromatic rings. The van der Waals surface area contributed by atoms with Crippen molar-refractivity contribution in [2.24, 2.45) is 0 Å². The monoisotopic (exact) mass is 433 g/mol. The number of ether oxygens (including phenoxy) is 2. The zero-order valence-electron chi connectivity index (χ0n) is 19.0. The molecule has 0 radical (unpaired) electrons. The lowest BCUT2D eigenvalue weighted by Crippen LogP contribution is -2.16. The van der Waals surface area contributed by atoms with Crippen LogP contribution >= 0.6 is 0 Å². The van der Waals surface area contributed by atoms with Crippen LogP contribution < -0.4 is 9.47 Å². The standard InChI is InChI=1S/C27H31NO4/c1-4-21-7-11-26(25(17-21)23-6-5-14-28-18-23)32-20(3)13-15-31-24-10-8-22(19(2)16-24)9-12-27(29)30/h5-8,10-11,14,16-18,20H,4,9,12-13,15H2,1-3H3,(H,29,30)/t20-/m0/s1. The van der Waals surface area contributed by atoms with Crippen molar-refractivity contribution in [3.63, 3.8) is 0 Å². The molecule has 0 unspecified atom stereocenters. The molecule has 2 aromatic carbocycles. The van der Waals surface area contributed by atoms with E-state index in [2.05, 4.69) is 24.0 Å². The van der Waals surface area contributed by atoms with E-state index in [0.29, 0.717) is 13.0 Å². The third-order valence-corrected chi connectivity index (χ3v) is 5.47. The van der Waals surface area contributed by atoms with Gasteiger partial charge >= 0.3 is 5.97 Å². The quantitative estimate of drug-likeness (QED) is 0.409. The highest BCUT2D eigenvalue weighted by Crippen LogP contribution is 2.32. The minimum atomic E-state index is -0.783. The van der Waals surface area contributed by atoms with Gasteiger partial charge in [0.25, 0.3) is 0 Å². The Hall–Kier alpha value is -3.34. The van der Waals surface area contributed by atoms with E-state index in [-0.39, 0.29) is 12.5 Å². The summed E-state index contributed by atoms with van der Waals surface area (Å²) in [5, 5.41) is 8.86. The summed E-state index contributed by atoms with van der Waals surface area (Å²) in [7, 11) is 0. The first-order valence-corrected chi connectivity index (χ1v) is 11.1. The van der Waals surface area contributed by atoms with Gasteiger partial charge in [0.2, 0.25) is 0 Å². The highest BCUT2D eigenvalue weighted by Gasteiger charge is 2.12. The Morgan fingerprint density at radius 3 is 2.69 bits per heavy atom.